The van der Waals surface area contributed by atoms with Gasteiger partial charge >= 0.3 is 12.0 Å². The van der Waals surface area contributed by atoms with Gasteiger partial charge in [0.1, 0.15) is 23.9 Å². The number of alkyl halides is 2. The van der Waals surface area contributed by atoms with Gasteiger partial charge < -0.3 is 29.7 Å². The van der Waals surface area contributed by atoms with Crippen LogP contribution in [0.3, 0.4) is 0 Å². The number of halogens is 2. The topological polar surface area (TPSA) is 135 Å². The molecule has 0 bridgehead atoms. The highest BCUT2D eigenvalue weighted by atomic mass is 19.3. The lowest BCUT2D eigenvalue weighted by atomic mass is 9.91. The van der Waals surface area contributed by atoms with E-state index in [9.17, 15) is 9.90 Å². The first-order valence-electron chi connectivity index (χ1n) is 11.8. The quantitative estimate of drug-likeness (QED) is 0.248. The molecule has 0 fully saturated rings. The first-order valence-corrected chi connectivity index (χ1v) is 11.8. The number of amides is 1. The largest absolute Gasteiger partial charge is 0.493 e. The first-order chi connectivity index (χ1) is 17.8. The average molecular weight is 535 g/mol. The molecule has 1 amide bonds. The smallest absolute Gasteiger partial charge is 0.409 e. The second-order valence-electron chi connectivity index (χ2n) is 9.25. The molecule has 38 heavy (non-hydrogen) atoms. The van der Waals surface area contributed by atoms with Crippen LogP contribution in [-0.4, -0.2) is 59.3 Å². The van der Waals surface area contributed by atoms with Crippen molar-refractivity contribution < 1.29 is 38.0 Å². The molecular formula is C26H32F2N4O6. The third-order valence-electron chi connectivity index (χ3n) is 5.83. The van der Waals surface area contributed by atoms with Crippen LogP contribution < -0.4 is 20.1 Å². The van der Waals surface area contributed by atoms with Gasteiger partial charge in [0.15, 0.2) is 11.5 Å². The normalized spacial score (nSPS) is 12.8. The number of hydrogen-bond acceptors (Lipinski definition) is 8. The maximum absolute atomic E-state index is 15.1. The molecule has 12 heteroatoms. The Balaban J connectivity index is 2.07. The number of rotatable bonds is 11. The maximum atomic E-state index is 15.1. The lowest BCUT2D eigenvalue weighted by Crippen LogP contribution is -2.40. The third kappa shape index (κ3) is 6.37. The molecule has 2 aromatic carbocycles. The molecule has 1 aromatic heterocycles. The van der Waals surface area contributed by atoms with Crippen molar-refractivity contribution in [2.24, 2.45) is 0 Å². The van der Waals surface area contributed by atoms with Gasteiger partial charge in [-0.15, -0.1) is 0 Å². The van der Waals surface area contributed by atoms with Crippen molar-refractivity contribution in [2.45, 2.75) is 45.3 Å². The van der Waals surface area contributed by atoms with E-state index < -0.39 is 29.2 Å². The summed E-state index contributed by atoms with van der Waals surface area (Å²) in [6, 6.07) is 6.48. The zero-order chi connectivity index (χ0) is 28.3. The van der Waals surface area contributed by atoms with E-state index in [-0.39, 0.29) is 12.3 Å². The molecule has 0 radical (unpaired) electrons. The number of hydrogen-bond donors (Lipinski definition) is 4. The summed E-state index contributed by atoms with van der Waals surface area (Å²) in [4.78, 5) is 20.2. The van der Waals surface area contributed by atoms with Crippen LogP contribution in [-0.2, 0) is 10.7 Å². The predicted octanol–water partition coefficient (Wildman–Crippen LogP) is 5.10. The monoisotopic (exact) mass is 534 g/mol. The Kier molecular flexibility index (Phi) is 8.58. The number of nitrogens with zero attached hydrogens (tertiary/aromatic N) is 2. The maximum Gasteiger partial charge on any atom is 0.409 e. The zero-order valence-electron chi connectivity index (χ0n) is 22.1. The van der Waals surface area contributed by atoms with Crippen LogP contribution in [0, 0.1) is 6.92 Å². The van der Waals surface area contributed by atoms with Crippen molar-refractivity contribution in [2.75, 3.05) is 38.1 Å². The number of carboxylic acid groups (broad SMARTS) is 1. The Morgan fingerprint density at radius 2 is 1.79 bits per heavy atom. The summed E-state index contributed by atoms with van der Waals surface area (Å²) in [6.07, 6.45) is -1.41. The Bertz CT molecular complexity index is 1310. The number of aryl methyl sites for hydroxylation is 1. The molecule has 0 aliphatic rings. The van der Waals surface area contributed by atoms with Gasteiger partial charge in [0, 0.05) is 29.8 Å². The van der Waals surface area contributed by atoms with Crippen LogP contribution in [0.5, 0.6) is 11.5 Å². The summed E-state index contributed by atoms with van der Waals surface area (Å²) in [5.74, 6) is -1.89. The minimum atomic E-state index is -3.67. The number of benzene rings is 2. The molecular weight excluding hydrogens is 502 g/mol. The highest BCUT2D eigenvalue weighted by Crippen LogP contribution is 2.41. The molecule has 1 atom stereocenters. The molecule has 3 aromatic rings. The fourth-order valence-electron chi connectivity index (χ4n) is 3.79. The van der Waals surface area contributed by atoms with Crippen LogP contribution >= 0.6 is 0 Å². The van der Waals surface area contributed by atoms with Crippen LogP contribution in [0.2, 0.25) is 0 Å². The number of ether oxygens (including phenoxy) is 3. The fraction of sp³-hybridized carbons (Fsp3) is 0.423. The first kappa shape index (κ1) is 28.8. The molecule has 3 rings (SSSR count). The van der Waals surface area contributed by atoms with Gasteiger partial charge in [-0.05, 0) is 57.5 Å². The van der Waals surface area contributed by atoms with Gasteiger partial charge in [0.2, 0.25) is 0 Å². The molecule has 0 aliphatic carbocycles. The van der Waals surface area contributed by atoms with E-state index in [1.165, 1.54) is 19.2 Å². The number of aliphatic hydroxyl groups is 1. The second-order valence-corrected chi connectivity index (χ2v) is 9.25. The summed E-state index contributed by atoms with van der Waals surface area (Å²) < 4.78 is 46.4. The Morgan fingerprint density at radius 1 is 1.08 bits per heavy atom. The van der Waals surface area contributed by atoms with E-state index in [0.29, 0.717) is 46.2 Å². The van der Waals surface area contributed by atoms with Crippen molar-refractivity contribution in [1.29, 1.82) is 0 Å². The number of carbonyl (C=O) groups is 1. The lowest BCUT2D eigenvalue weighted by Gasteiger charge is -2.30. The second kappa shape index (κ2) is 11.3. The van der Waals surface area contributed by atoms with Crippen molar-refractivity contribution in [3.63, 3.8) is 0 Å². The molecule has 1 heterocycles. The molecule has 0 saturated heterocycles. The zero-order valence-corrected chi connectivity index (χ0v) is 22.1. The molecule has 4 N–H and O–H groups in total. The van der Waals surface area contributed by atoms with E-state index >= 15 is 8.78 Å². The fourth-order valence-corrected chi connectivity index (χ4v) is 3.79. The van der Waals surface area contributed by atoms with Gasteiger partial charge in [-0.25, -0.2) is 14.8 Å². The number of fused-ring (bicyclic) bond motifs is 1. The van der Waals surface area contributed by atoms with Gasteiger partial charge in [0.05, 0.1) is 25.3 Å². The van der Waals surface area contributed by atoms with Crippen LogP contribution in [0.4, 0.5) is 25.1 Å². The van der Waals surface area contributed by atoms with Crippen LogP contribution in [0.1, 0.15) is 43.8 Å². The molecule has 0 spiro atoms. The van der Waals surface area contributed by atoms with Gasteiger partial charge in [0.25, 0.3) is 0 Å². The molecule has 10 nitrogen and oxygen atoms in total. The van der Waals surface area contributed by atoms with Gasteiger partial charge in [-0.3, -0.25) is 5.32 Å². The highest BCUT2D eigenvalue weighted by Gasteiger charge is 2.47. The standard InChI is InChI=1S/C26H32F2N4O6/c1-14(16-9-17(26(27,28)25(3,4)35)11-18(10-16)32-24(33)34)29-23-19-12-22(38-8-7-36-5)21(37-6)13-20(19)30-15(2)31-23/h9-14,32,35H,7-8H2,1-6H3,(H,33,34)(H,29,30,31). The summed E-state index contributed by atoms with van der Waals surface area (Å²) >= 11 is 0. The van der Waals surface area contributed by atoms with E-state index in [1.807, 2.05) is 0 Å². The van der Waals surface area contributed by atoms with E-state index in [0.717, 1.165) is 19.9 Å². The van der Waals surface area contributed by atoms with Crippen LogP contribution in [0.25, 0.3) is 10.9 Å². The number of aromatic nitrogens is 2. The minimum absolute atomic E-state index is 0.0649. The highest BCUT2D eigenvalue weighted by molar-refractivity contribution is 5.92. The summed E-state index contributed by atoms with van der Waals surface area (Å²) in [5.41, 5.74) is -2.09. The van der Waals surface area contributed by atoms with E-state index in [4.69, 9.17) is 19.3 Å². The number of nitrogens with one attached hydrogen (secondary N) is 2. The average Bonchev–Trinajstić information content (AvgIpc) is 2.82. The van der Waals surface area contributed by atoms with Gasteiger partial charge in [-0.1, -0.05) is 0 Å². The van der Waals surface area contributed by atoms with Crippen molar-refractivity contribution >= 4 is 28.5 Å². The minimum Gasteiger partial charge on any atom is -0.493 e. The predicted molar refractivity (Wildman–Crippen MR) is 139 cm³/mol. The number of anilines is 2. The number of methoxy groups -OCH3 is 2. The van der Waals surface area contributed by atoms with Crippen molar-refractivity contribution in [3.05, 3.63) is 47.3 Å². The molecule has 0 aliphatic heterocycles. The molecule has 1 unspecified atom stereocenters. The van der Waals surface area contributed by atoms with Crippen LogP contribution in [0.15, 0.2) is 30.3 Å². The Morgan fingerprint density at radius 3 is 2.39 bits per heavy atom. The van der Waals surface area contributed by atoms with E-state index in [1.54, 1.807) is 33.1 Å². The molecule has 0 saturated carbocycles. The van der Waals surface area contributed by atoms with Crippen molar-refractivity contribution in [1.82, 2.24) is 9.97 Å². The third-order valence-corrected chi connectivity index (χ3v) is 5.83. The summed E-state index contributed by atoms with van der Waals surface area (Å²) in [6.45, 7) is 6.06. The summed E-state index contributed by atoms with van der Waals surface area (Å²) in [7, 11) is 3.07. The van der Waals surface area contributed by atoms with Gasteiger partial charge in [-0.2, -0.15) is 8.78 Å². The lowest BCUT2D eigenvalue weighted by molar-refractivity contribution is -0.168. The summed E-state index contributed by atoms with van der Waals surface area (Å²) in [5, 5.41) is 25.2. The SMILES string of the molecule is COCCOc1cc2c(NC(C)c3cc(NC(=O)O)cc(C(F)(F)C(C)(C)O)c3)nc(C)nc2cc1OC. The van der Waals surface area contributed by atoms with E-state index in [2.05, 4.69) is 20.6 Å². The molecule has 206 valence electrons. The Hall–Kier alpha value is -3.77. The Labute approximate surface area is 219 Å². The van der Waals surface area contributed by atoms with Crippen molar-refractivity contribution in [3.8, 4) is 11.5 Å².